The Labute approximate surface area is 110 Å². The Hall–Kier alpha value is -1.06. The van der Waals surface area contributed by atoms with Crippen molar-refractivity contribution in [3.8, 4) is 5.75 Å². The fourth-order valence-corrected chi connectivity index (χ4v) is 2.20. The number of hydrogen-bond donors (Lipinski definition) is 3. The van der Waals surface area contributed by atoms with Gasteiger partial charge in [0, 0.05) is 12.6 Å². The van der Waals surface area contributed by atoms with Crippen molar-refractivity contribution >= 4 is 0 Å². The van der Waals surface area contributed by atoms with Crippen LogP contribution in [-0.4, -0.2) is 22.9 Å². The Morgan fingerprint density at radius 2 is 1.72 bits per heavy atom. The maximum absolute atomic E-state index is 9.71. The molecule has 3 heteroatoms. The SMILES string of the molecule is Cc1cc(CNC(CO)CC(C)C)cc(C)c1O. The molecule has 0 saturated heterocycles. The highest BCUT2D eigenvalue weighted by atomic mass is 16.3. The minimum atomic E-state index is 0.138. The highest BCUT2D eigenvalue weighted by Crippen LogP contribution is 2.22. The van der Waals surface area contributed by atoms with E-state index in [0.29, 0.717) is 11.7 Å². The van der Waals surface area contributed by atoms with E-state index in [1.54, 1.807) is 0 Å². The average molecular weight is 251 g/mol. The van der Waals surface area contributed by atoms with Gasteiger partial charge in [-0.05, 0) is 42.9 Å². The van der Waals surface area contributed by atoms with E-state index in [-0.39, 0.29) is 12.6 Å². The monoisotopic (exact) mass is 251 g/mol. The molecule has 0 radical (unpaired) electrons. The first kappa shape index (κ1) is 15.0. The minimum absolute atomic E-state index is 0.138. The molecule has 0 aliphatic carbocycles. The van der Waals surface area contributed by atoms with Crippen LogP contribution in [0.5, 0.6) is 5.75 Å². The number of phenolic OH excluding ortho intramolecular Hbond substituents is 1. The number of aromatic hydroxyl groups is 1. The van der Waals surface area contributed by atoms with Gasteiger partial charge in [0.05, 0.1) is 6.61 Å². The molecule has 1 unspecified atom stereocenters. The lowest BCUT2D eigenvalue weighted by molar-refractivity contribution is 0.223. The maximum atomic E-state index is 9.71. The zero-order valence-corrected chi connectivity index (χ0v) is 11.8. The van der Waals surface area contributed by atoms with Crippen LogP contribution in [0.3, 0.4) is 0 Å². The molecule has 3 nitrogen and oxygen atoms in total. The molecule has 0 saturated carbocycles. The summed E-state index contributed by atoms with van der Waals surface area (Å²) in [5, 5.41) is 22.4. The molecule has 1 rings (SSSR count). The average Bonchev–Trinajstić information content (AvgIpc) is 2.30. The van der Waals surface area contributed by atoms with Crippen molar-refractivity contribution in [2.45, 2.75) is 46.7 Å². The van der Waals surface area contributed by atoms with Crippen molar-refractivity contribution in [1.29, 1.82) is 0 Å². The molecule has 102 valence electrons. The summed E-state index contributed by atoms with van der Waals surface area (Å²) in [4.78, 5) is 0. The van der Waals surface area contributed by atoms with Crippen molar-refractivity contribution in [3.05, 3.63) is 28.8 Å². The molecule has 3 N–H and O–H groups in total. The third-order valence-electron chi connectivity index (χ3n) is 3.12. The number of benzene rings is 1. The molecule has 0 spiro atoms. The zero-order chi connectivity index (χ0) is 13.7. The summed E-state index contributed by atoms with van der Waals surface area (Å²) in [5.74, 6) is 0.942. The number of hydrogen-bond acceptors (Lipinski definition) is 3. The molecule has 0 aliphatic heterocycles. The van der Waals surface area contributed by atoms with E-state index in [9.17, 15) is 10.2 Å². The highest BCUT2D eigenvalue weighted by molar-refractivity contribution is 5.42. The first-order valence-electron chi connectivity index (χ1n) is 6.57. The van der Waals surface area contributed by atoms with Crippen LogP contribution in [0, 0.1) is 19.8 Å². The molecule has 1 aromatic rings. The van der Waals surface area contributed by atoms with Gasteiger partial charge in [-0.1, -0.05) is 26.0 Å². The predicted octanol–water partition coefficient (Wildman–Crippen LogP) is 2.51. The van der Waals surface area contributed by atoms with Crippen LogP contribution >= 0.6 is 0 Å². The molecular formula is C15H25NO2. The molecule has 0 fully saturated rings. The largest absolute Gasteiger partial charge is 0.507 e. The molecule has 0 aliphatic rings. The number of aliphatic hydroxyl groups excluding tert-OH is 1. The maximum Gasteiger partial charge on any atom is 0.121 e. The fraction of sp³-hybridized carbons (Fsp3) is 0.600. The van der Waals surface area contributed by atoms with Gasteiger partial charge in [-0.3, -0.25) is 0 Å². The standard InChI is InChI=1S/C15H25NO2/c1-10(2)5-14(9-17)16-8-13-6-11(3)15(18)12(4)7-13/h6-7,10,14,16-18H,5,8-9H2,1-4H3. The van der Waals surface area contributed by atoms with Crippen molar-refractivity contribution in [2.75, 3.05) is 6.61 Å². The summed E-state index contributed by atoms with van der Waals surface area (Å²) in [6.45, 7) is 9.00. The predicted molar refractivity (Wildman–Crippen MR) is 74.7 cm³/mol. The summed E-state index contributed by atoms with van der Waals surface area (Å²) >= 11 is 0. The Morgan fingerprint density at radius 3 is 2.17 bits per heavy atom. The van der Waals surface area contributed by atoms with Gasteiger partial charge < -0.3 is 15.5 Å². The highest BCUT2D eigenvalue weighted by Gasteiger charge is 2.10. The van der Waals surface area contributed by atoms with Crippen LogP contribution in [-0.2, 0) is 6.54 Å². The van der Waals surface area contributed by atoms with Gasteiger partial charge in [-0.15, -0.1) is 0 Å². The van der Waals surface area contributed by atoms with E-state index in [1.165, 1.54) is 0 Å². The fourth-order valence-electron chi connectivity index (χ4n) is 2.20. The van der Waals surface area contributed by atoms with E-state index in [2.05, 4.69) is 19.2 Å². The quantitative estimate of drug-likeness (QED) is 0.728. The summed E-state index contributed by atoms with van der Waals surface area (Å²) in [5.41, 5.74) is 2.94. The van der Waals surface area contributed by atoms with E-state index in [0.717, 1.165) is 29.7 Å². The number of nitrogens with one attached hydrogen (secondary N) is 1. The summed E-state index contributed by atoms with van der Waals surface area (Å²) in [6.07, 6.45) is 0.965. The van der Waals surface area contributed by atoms with Crippen molar-refractivity contribution < 1.29 is 10.2 Å². The molecule has 0 bridgehead atoms. The normalized spacial score (nSPS) is 13.0. The lowest BCUT2D eigenvalue weighted by atomic mass is 10.0. The van der Waals surface area contributed by atoms with E-state index in [1.807, 2.05) is 26.0 Å². The van der Waals surface area contributed by atoms with E-state index < -0.39 is 0 Å². The lowest BCUT2D eigenvalue weighted by Gasteiger charge is -2.18. The topological polar surface area (TPSA) is 52.5 Å². The molecule has 0 heterocycles. The number of aliphatic hydroxyl groups is 1. The van der Waals surface area contributed by atoms with Gasteiger partial charge in [0.15, 0.2) is 0 Å². The summed E-state index contributed by atoms with van der Waals surface area (Å²) < 4.78 is 0. The van der Waals surface area contributed by atoms with Crippen LogP contribution in [0.2, 0.25) is 0 Å². The van der Waals surface area contributed by atoms with Gasteiger partial charge in [0.25, 0.3) is 0 Å². The van der Waals surface area contributed by atoms with Gasteiger partial charge in [-0.2, -0.15) is 0 Å². The second-order valence-corrected chi connectivity index (χ2v) is 5.47. The minimum Gasteiger partial charge on any atom is -0.507 e. The smallest absolute Gasteiger partial charge is 0.121 e. The number of phenols is 1. The molecule has 0 aromatic heterocycles. The Kier molecular flexibility index (Phi) is 5.63. The van der Waals surface area contributed by atoms with Crippen LogP contribution in [0.1, 0.15) is 37.0 Å². The summed E-state index contributed by atoms with van der Waals surface area (Å²) in [6, 6.07) is 4.11. The van der Waals surface area contributed by atoms with Crippen molar-refractivity contribution in [2.24, 2.45) is 5.92 Å². The van der Waals surface area contributed by atoms with Crippen molar-refractivity contribution in [3.63, 3.8) is 0 Å². The van der Waals surface area contributed by atoms with E-state index in [4.69, 9.17) is 0 Å². The zero-order valence-electron chi connectivity index (χ0n) is 11.8. The second-order valence-electron chi connectivity index (χ2n) is 5.47. The number of rotatable bonds is 6. The molecule has 18 heavy (non-hydrogen) atoms. The first-order chi connectivity index (χ1) is 8.43. The van der Waals surface area contributed by atoms with Crippen LogP contribution < -0.4 is 5.32 Å². The van der Waals surface area contributed by atoms with Gasteiger partial charge in [0.2, 0.25) is 0 Å². The Balaban J connectivity index is 2.62. The van der Waals surface area contributed by atoms with Crippen LogP contribution in [0.4, 0.5) is 0 Å². The van der Waals surface area contributed by atoms with E-state index >= 15 is 0 Å². The Bertz CT molecular complexity index is 365. The Morgan fingerprint density at radius 1 is 1.17 bits per heavy atom. The molecular weight excluding hydrogens is 226 g/mol. The first-order valence-corrected chi connectivity index (χ1v) is 6.57. The van der Waals surface area contributed by atoms with Crippen LogP contribution in [0.15, 0.2) is 12.1 Å². The second kappa shape index (κ2) is 6.76. The summed E-state index contributed by atoms with van der Waals surface area (Å²) in [7, 11) is 0. The van der Waals surface area contributed by atoms with Gasteiger partial charge >= 0.3 is 0 Å². The third-order valence-corrected chi connectivity index (χ3v) is 3.12. The molecule has 1 aromatic carbocycles. The lowest BCUT2D eigenvalue weighted by Crippen LogP contribution is -2.33. The molecule has 1 atom stereocenters. The number of aryl methyl sites for hydroxylation is 2. The van der Waals surface area contributed by atoms with Gasteiger partial charge in [0.1, 0.15) is 5.75 Å². The molecule has 0 amide bonds. The van der Waals surface area contributed by atoms with Crippen LogP contribution in [0.25, 0.3) is 0 Å². The van der Waals surface area contributed by atoms with Gasteiger partial charge in [-0.25, -0.2) is 0 Å². The third kappa shape index (κ3) is 4.31. The van der Waals surface area contributed by atoms with Crippen molar-refractivity contribution in [1.82, 2.24) is 5.32 Å².